The van der Waals surface area contributed by atoms with Crippen molar-refractivity contribution in [1.29, 1.82) is 0 Å². The van der Waals surface area contributed by atoms with Crippen molar-refractivity contribution in [3.05, 3.63) is 81.7 Å². The first kappa shape index (κ1) is 21.9. The number of nitrogens with one attached hydrogen (secondary N) is 5. The Morgan fingerprint density at radius 1 is 0.879 bits per heavy atom. The fourth-order valence-corrected chi connectivity index (χ4v) is 4.36. The Balaban J connectivity index is 1.53. The van der Waals surface area contributed by atoms with Gasteiger partial charge in [-0.15, -0.1) is 0 Å². The molecule has 4 rings (SSSR count). The van der Waals surface area contributed by atoms with Crippen LogP contribution in [0.4, 0.5) is 5.69 Å². The molecule has 11 nitrogen and oxygen atoms in total. The predicted octanol–water partition coefficient (Wildman–Crippen LogP) is 1.94. The van der Waals surface area contributed by atoms with Crippen molar-refractivity contribution in [1.82, 2.24) is 20.8 Å². The molecule has 2 amide bonds. The van der Waals surface area contributed by atoms with Gasteiger partial charge in [-0.1, -0.05) is 12.1 Å². The number of imidazole rings is 1. The van der Waals surface area contributed by atoms with Crippen LogP contribution in [0.1, 0.15) is 32.2 Å². The number of aromatic amines is 2. The highest BCUT2D eigenvalue weighted by Gasteiger charge is 2.20. The molecule has 0 spiro atoms. The van der Waals surface area contributed by atoms with Crippen LogP contribution in [0.15, 0.2) is 62.6 Å². The smallest absolute Gasteiger partial charge is 0.323 e. The summed E-state index contributed by atoms with van der Waals surface area (Å²) in [7, 11) is -4.09. The van der Waals surface area contributed by atoms with E-state index in [2.05, 4.69) is 25.5 Å². The van der Waals surface area contributed by atoms with E-state index in [0.29, 0.717) is 22.6 Å². The van der Waals surface area contributed by atoms with Crippen LogP contribution < -0.4 is 21.3 Å². The number of anilines is 1. The Bertz CT molecular complexity index is 1550. The lowest BCUT2D eigenvalue weighted by molar-refractivity contribution is 0.0846. The lowest BCUT2D eigenvalue weighted by Crippen LogP contribution is -2.42. The van der Waals surface area contributed by atoms with Crippen LogP contribution >= 0.6 is 0 Å². The van der Waals surface area contributed by atoms with Crippen molar-refractivity contribution in [2.24, 2.45) is 0 Å². The Hall–Kier alpha value is -4.32. The van der Waals surface area contributed by atoms with Crippen molar-refractivity contribution >= 4 is 38.6 Å². The van der Waals surface area contributed by atoms with E-state index >= 15 is 0 Å². The number of carbonyl (C=O) groups excluding carboxylic acids is 2. The number of sulfonamides is 1. The summed E-state index contributed by atoms with van der Waals surface area (Å²) in [4.78, 5) is 41.3. The van der Waals surface area contributed by atoms with Crippen molar-refractivity contribution in [3.63, 3.8) is 0 Å². The number of para-hydroxylation sites is 1. The molecular weight excluding hydrogens is 450 g/mol. The summed E-state index contributed by atoms with van der Waals surface area (Å²) in [6.07, 6.45) is 0. The molecule has 5 N–H and O–H groups in total. The number of benzene rings is 2. The van der Waals surface area contributed by atoms with Gasteiger partial charge in [0.25, 0.3) is 21.8 Å². The SMILES string of the molecule is Cc1cc(C(=O)NNC(=O)c2ccccc2NS(=O)(=O)c2ccc3[nH]c(=O)[nH]c3c2)c(C)o1. The average Bonchev–Trinajstić information content (AvgIpc) is 3.31. The number of aryl methyl sites for hydroxylation is 2. The zero-order valence-corrected chi connectivity index (χ0v) is 18.3. The van der Waals surface area contributed by atoms with Gasteiger partial charge in [-0.3, -0.25) is 25.2 Å². The number of hydrogen-bond donors (Lipinski definition) is 5. The highest BCUT2D eigenvalue weighted by molar-refractivity contribution is 7.92. The molecule has 0 saturated heterocycles. The fourth-order valence-electron chi connectivity index (χ4n) is 3.26. The Kier molecular flexibility index (Phi) is 5.52. The minimum Gasteiger partial charge on any atom is -0.466 e. The minimum absolute atomic E-state index is 0.00208. The van der Waals surface area contributed by atoms with Gasteiger partial charge in [-0.05, 0) is 50.2 Å². The zero-order chi connectivity index (χ0) is 23.8. The van der Waals surface area contributed by atoms with E-state index in [9.17, 15) is 22.8 Å². The number of aromatic nitrogens is 2. The van der Waals surface area contributed by atoms with Gasteiger partial charge in [0.1, 0.15) is 11.5 Å². The molecule has 0 radical (unpaired) electrons. The number of carbonyl (C=O) groups is 2. The lowest BCUT2D eigenvalue weighted by Gasteiger charge is -2.13. The van der Waals surface area contributed by atoms with Gasteiger partial charge in [-0.2, -0.15) is 0 Å². The Labute approximate surface area is 187 Å². The molecule has 2 aromatic carbocycles. The van der Waals surface area contributed by atoms with E-state index in [4.69, 9.17) is 4.42 Å². The number of rotatable bonds is 5. The monoisotopic (exact) mass is 469 g/mol. The van der Waals surface area contributed by atoms with Crippen LogP contribution in [0.5, 0.6) is 0 Å². The summed E-state index contributed by atoms with van der Waals surface area (Å²) in [6.45, 7) is 3.31. The Morgan fingerprint density at radius 3 is 2.24 bits per heavy atom. The van der Waals surface area contributed by atoms with Crippen LogP contribution in [-0.4, -0.2) is 30.2 Å². The van der Waals surface area contributed by atoms with Gasteiger partial charge in [0, 0.05) is 0 Å². The summed E-state index contributed by atoms with van der Waals surface area (Å²) in [6, 6.07) is 11.5. The molecule has 0 unspecified atom stereocenters. The number of hydrazine groups is 1. The summed E-state index contributed by atoms with van der Waals surface area (Å²) in [5.41, 5.74) is 5.12. The van der Waals surface area contributed by atoms with Gasteiger partial charge in [0.15, 0.2) is 0 Å². The van der Waals surface area contributed by atoms with E-state index < -0.39 is 27.5 Å². The highest BCUT2D eigenvalue weighted by Crippen LogP contribution is 2.22. The molecule has 0 saturated carbocycles. The molecule has 0 aliphatic heterocycles. The number of fused-ring (bicyclic) bond motifs is 1. The molecule has 0 bridgehead atoms. The first-order valence-corrected chi connectivity index (χ1v) is 11.1. The number of furan rings is 1. The first-order chi connectivity index (χ1) is 15.6. The Morgan fingerprint density at radius 2 is 1.55 bits per heavy atom. The molecule has 170 valence electrons. The van der Waals surface area contributed by atoms with E-state index in [1.54, 1.807) is 26.0 Å². The van der Waals surface area contributed by atoms with Crippen molar-refractivity contribution < 1.29 is 22.4 Å². The molecule has 0 aliphatic carbocycles. The molecule has 2 heterocycles. The summed E-state index contributed by atoms with van der Waals surface area (Å²) in [5.74, 6) is -0.367. The van der Waals surface area contributed by atoms with E-state index in [0.717, 1.165) is 0 Å². The highest BCUT2D eigenvalue weighted by atomic mass is 32.2. The standard InChI is InChI=1S/C21H19N5O6S/c1-11-9-15(12(2)32-11)20(28)25-24-19(27)14-5-3-4-6-16(14)26-33(30,31)13-7-8-17-18(10-13)23-21(29)22-17/h3-10,26H,1-2H3,(H,24,27)(H,25,28)(H2,22,23,29). The normalized spacial score (nSPS) is 11.3. The molecule has 12 heteroatoms. The van der Waals surface area contributed by atoms with Gasteiger partial charge in [-0.25, -0.2) is 13.2 Å². The van der Waals surface area contributed by atoms with Crippen LogP contribution in [-0.2, 0) is 10.0 Å². The third-order valence-corrected chi connectivity index (χ3v) is 6.15. The van der Waals surface area contributed by atoms with Gasteiger partial charge in [0.05, 0.1) is 32.7 Å². The fraction of sp³-hybridized carbons (Fsp3) is 0.0952. The molecule has 0 aliphatic rings. The number of hydrogen-bond acceptors (Lipinski definition) is 6. The molecule has 0 atom stereocenters. The number of H-pyrrole nitrogens is 2. The van der Waals surface area contributed by atoms with E-state index in [1.807, 2.05) is 0 Å². The van der Waals surface area contributed by atoms with Crippen molar-refractivity contribution in [2.45, 2.75) is 18.7 Å². The summed E-state index contributed by atoms with van der Waals surface area (Å²) >= 11 is 0. The second-order valence-electron chi connectivity index (χ2n) is 7.17. The van der Waals surface area contributed by atoms with Crippen LogP contribution in [0, 0.1) is 13.8 Å². The molecule has 33 heavy (non-hydrogen) atoms. The van der Waals surface area contributed by atoms with Crippen molar-refractivity contribution in [2.75, 3.05) is 4.72 Å². The molecule has 0 fully saturated rings. The maximum absolute atomic E-state index is 12.9. The maximum atomic E-state index is 12.9. The van der Waals surface area contributed by atoms with Gasteiger partial charge in [0.2, 0.25) is 0 Å². The van der Waals surface area contributed by atoms with E-state index in [-0.39, 0.29) is 21.7 Å². The predicted molar refractivity (Wildman–Crippen MR) is 119 cm³/mol. The second-order valence-corrected chi connectivity index (χ2v) is 8.86. The lowest BCUT2D eigenvalue weighted by atomic mass is 10.2. The third-order valence-electron chi connectivity index (χ3n) is 4.79. The largest absolute Gasteiger partial charge is 0.466 e. The quantitative estimate of drug-likeness (QED) is 0.280. The molecular formula is C21H19N5O6S. The van der Waals surface area contributed by atoms with Gasteiger partial charge >= 0.3 is 5.69 Å². The molecule has 2 aromatic heterocycles. The second kappa shape index (κ2) is 8.31. The molecule has 4 aromatic rings. The number of amides is 2. The zero-order valence-electron chi connectivity index (χ0n) is 17.5. The summed E-state index contributed by atoms with van der Waals surface area (Å²) < 4.78 is 33.5. The third kappa shape index (κ3) is 4.50. The summed E-state index contributed by atoms with van der Waals surface area (Å²) in [5, 5.41) is 0. The maximum Gasteiger partial charge on any atom is 0.323 e. The topological polar surface area (TPSA) is 166 Å². The van der Waals surface area contributed by atoms with Crippen molar-refractivity contribution in [3.8, 4) is 0 Å². The van der Waals surface area contributed by atoms with Crippen LogP contribution in [0.25, 0.3) is 11.0 Å². The minimum atomic E-state index is -4.09. The average molecular weight is 469 g/mol. The van der Waals surface area contributed by atoms with Crippen LogP contribution in [0.3, 0.4) is 0 Å². The van der Waals surface area contributed by atoms with Gasteiger partial charge < -0.3 is 14.4 Å². The van der Waals surface area contributed by atoms with E-state index in [1.165, 1.54) is 36.4 Å². The van der Waals surface area contributed by atoms with Crippen LogP contribution in [0.2, 0.25) is 0 Å². The first-order valence-electron chi connectivity index (χ1n) is 9.65.